The lowest BCUT2D eigenvalue weighted by molar-refractivity contribution is -0.276. The van der Waals surface area contributed by atoms with Crippen molar-refractivity contribution >= 4 is 5.97 Å². The molecule has 19 heavy (non-hydrogen) atoms. The Labute approximate surface area is 105 Å². The van der Waals surface area contributed by atoms with Crippen LogP contribution in [0.15, 0.2) is 10.9 Å². The molecule has 0 amide bonds. The average molecular weight is 281 g/mol. The minimum atomic E-state index is -5.00. The molecular weight excluding hydrogens is 271 g/mol. The van der Waals surface area contributed by atoms with Gasteiger partial charge in [-0.15, -0.1) is 13.2 Å². The summed E-state index contributed by atoms with van der Waals surface area (Å²) in [7, 11) is 1.06. The van der Waals surface area contributed by atoms with Gasteiger partial charge in [0.15, 0.2) is 5.75 Å². The molecule has 1 aromatic rings. The van der Waals surface area contributed by atoms with Crippen LogP contribution >= 0.6 is 0 Å². The first kappa shape index (κ1) is 14.9. The average Bonchev–Trinajstić information content (AvgIpc) is 2.27. The molecule has 0 aromatic carbocycles. The van der Waals surface area contributed by atoms with Gasteiger partial charge in [-0.2, -0.15) is 0 Å². The number of nitrogens with one attached hydrogen (secondary N) is 1. The molecule has 0 saturated carbocycles. The van der Waals surface area contributed by atoms with Crippen molar-refractivity contribution in [3.63, 3.8) is 0 Å². The Morgan fingerprint density at radius 1 is 1.42 bits per heavy atom. The van der Waals surface area contributed by atoms with E-state index in [1.54, 1.807) is 4.98 Å². The summed E-state index contributed by atoms with van der Waals surface area (Å²) >= 11 is 0. The fourth-order valence-corrected chi connectivity index (χ4v) is 1.20. The zero-order valence-electron chi connectivity index (χ0n) is 9.96. The highest BCUT2D eigenvalue weighted by Crippen LogP contribution is 2.29. The van der Waals surface area contributed by atoms with Gasteiger partial charge in [0, 0.05) is 6.07 Å². The highest BCUT2D eigenvalue weighted by molar-refractivity contribution is 5.89. The van der Waals surface area contributed by atoms with Crippen LogP contribution in [0, 0.1) is 0 Å². The van der Waals surface area contributed by atoms with Crippen molar-refractivity contribution in [3.05, 3.63) is 22.0 Å². The predicted molar refractivity (Wildman–Crippen MR) is 56.3 cm³/mol. The fourth-order valence-electron chi connectivity index (χ4n) is 1.20. The summed E-state index contributed by atoms with van der Waals surface area (Å²) in [6.07, 6.45) is -5.00. The Kier molecular flexibility index (Phi) is 4.41. The lowest BCUT2D eigenvalue weighted by Gasteiger charge is -2.12. The summed E-state index contributed by atoms with van der Waals surface area (Å²) in [6.45, 7) is 1.53. The second-order valence-corrected chi connectivity index (χ2v) is 3.18. The van der Waals surface area contributed by atoms with Crippen molar-refractivity contribution in [2.75, 3.05) is 13.7 Å². The molecule has 1 aromatic heterocycles. The van der Waals surface area contributed by atoms with E-state index in [-0.39, 0.29) is 6.61 Å². The first-order chi connectivity index (χ1) is 8.78. The third-order valence-corrected chi connectivity index (χ3v) is 1.90. The van der Waals surface area contributed by atoms with Crippen LogP contribution in [-0.2, 0) is 4.74 Å². The van der Waals surface area contributed by atoms with Crippen molar-refractivity contribution in [3.8, 4) is 11.6 Å². The molecule has 0 saturated heterocycles. The quantitative estimate of drug-likeness (QED) is 0.845. The third-order valence-electron chi connectivity index (χ3n) is 1.90. The number of H-pyrrole nitrogens is 1. The molecule has 0 atom stereocenters. The molecule has 0 aliphatic rings. The number of esters is 1. The highest BCUT2D eigenvalue weighted by Gasteiger charge is 2.33. The number of alkyl halides is 3. The van der Waals surface area contributed by atoms with Crippen molar-refractivity contribution in [1.29, 1.82) is 0 Å². The summed E-state index contributed by atoms with van der Waals surface area (Å²) in [5, 5.41) is 0. The van der Waals surface area contributed by atoms with Gasteiger partial charge in [-0.05, 0) is 6.92 Å². The molecule has 1 N–H and O–H groups in total. The topological polar surface area (TPSA) is 77.6 Å². The van der Waals surface area contributed by atoms with E-state index in [0.29, 0.717) is 0 Å². The van der Waals surface area contributed by atoms with Gasteiger partial charge >= 0.3 is 12.3 Å². The Bertz CT molecular complexity index is 523. The molecule has 0 bridgehead atoms. The molecule has 0 spiro atoms. The number of hydrogen-bond donors (Lipinski definition) is 1. The number of aromatic amines is 1. The molecular formula is C10H10F3NO5. The Morgan fingerprint density at radius 2 is 2.05 bits per heavy atom. The Hall–Kier alpha value is -2.19. The minimum absolute atomic E-state index is 0.0153. The molecule has 0 fully saturated rings. The summed E-state index contributed by atoms with van der Waals surface area (Å²) in [5.41, 5.74) is -1.55. The number of carbonyl (C=O) groups excluding carboxylic acids is 1. The van der Waals surface area contributed by atoms with Gasteiger partial charge in [0.2, 0.25) is 5.88 Å². The molecule has 0 aliphatic carbocycles. The number of aromatic nitrogens is 1. The molecule has 6 nitrogen and oxygen atoms in total. The van der Waals surface area contributed by atoms with Gasteiger partial charge < -0.3 is 14.2 Å². The maximum absolute atomic E-state index is 12.1. The summed E-state index contributed by atoms with van der Waals surface area (Å²) < 4.78 is 49.0. The maximum atomic E-state index is 12.1. The molecule has 0 unspecified atom stereocenters. The van der Waals surface area contributed by atoms with Gasteiger partial charge in [0.1, 0.15) is 5.56 Å². The lowest BCUT2D eigenvalue weighted by atomic mass is 10.2. The van der Waals surface area contributed by atoms with Crippen LogP contribution in [-0.4, -0.2) is 31.0 Å². The first-order valence-corrected chi connectivity index (χ1v) is 5.02. The van der Waals surface area contributed by atoms with Gasteiger partial charge in [0.05, 0.1) is 13.7 Å². The van der Waals surface area contributed by atoms with Crippen LogP contribution in [0.4, 0.5) is 13.2 Å². The molecule has 1 heterocycles. The van der Waals surface area contributed by atoms with Crippen molar-refractivity contribution in [2.45, 2.75) is 13.3 Å². The number of hydrogen-bond acceptors (Lipinski definition) is 5. The molecule has 9 heteroatoms. The second kappa shape index (κ2) is 5.63. The van der Waals surface area contributed by atoms with Crippen LogP contribution in [0.3, 0.4) is 0 Å². The smallest absolute Gasteiger partial charge is 0.491 e. The summed E-state index contributed by atoms with van der Waals surface area (Å²) in [6, 6.07) is 0.817. The number of carbonyl (C=O) groups is 1. The normalized spacial score (nSPS) is 11.0. The van der Waals surface area contributed by atoms with Crippen LogP contribution in [0.25, 0.3) is 0 Å². The van der Waals surface area contributed by atoms with E-state index in [1.165, 1.54) is 6.92 Å². The van der Waals surface area contributed by atoms with Crippen LogP contribution in [0.2, 0.25) is 0 Å². The standard InChI is InChI=1S/C10H10F3NO5/c1-3-18-9(16)5-4-6(17-2)8(14-7(5)15)19-10(11,12)13/h4H,3H2,1-2H3,(H,14,15). The largest absolute Gasteiger partial charge is 0.574 e. The van der Waals surface area contributed by atoms with Crippen molar-refractivity contribution < 1.29 is 32.2 Å². The second-order valence-electron chi connectivity index (χ2n) is 3.18. The molecule has 1 rings (SSSR count). The lowest BCUT2D eigenvalue weighted by Crippen LogP contribution is -2.24. The van der Waals surface area contributed by atoms with Gasteiger partial charge in [0.25, 0.3) is 5.56 Å². The van der Waals surface area contributed by atoms with E-state index >= 15 is 0 Å². The predicted octanol–water partition coefficient (Wildman–Crippen LogP) is 1.46. The first-order valence-electron chi connectivity index (χ1n) is 5.02. The van der Waals surface area contributed by atoms with Crippen LogP contribution in [0.1, 0.15) is 17.3 Å². The summed E-state index contributed by atoms with van der Waals surface area (Å²) in [5.74, 6) is -2.35. The van der Waals surface area contributed by atoms with Gasteiger partial charge in [-0.1, -0.05) is 0 Å². The van der Waals surface area contributed by atoms with Crippen LogP contribution < -0.4 is 15.0 Å². The zero-order valence-corrected chi connectivity index (χ0v) is 9.96. The van der Waals surface area contributed by atoms with Gasteiger partial charge in [-0.25, -0.2) is 4.79 Å². The van der Waals surface area contributed by atoms with E-state index in [1.807, 2.05) is 0 Å². The van der Waals surface area contributed by atoms with E-state index in [4.69, 9.17) is 0 Å². The summed E-state index contributed by atoms with van der Waals surface area (Å²) in [4.78, 5) is 24.6. The molecule has 0 radical (unpaired) electrons. The van der Waals surface area contributed by atoms with Crippen molar-refractivity contribution in [2.24, 2.45) is 0 Å². The van der Waals surface area contributed by atoms with Gasteiger partial charge in [-0.3, -0.25) is 9.78 Å². The van der Waals surface area contributed by atoms with Crippen molar-refractivity contribution in [1.82, 2.24) is 4.98 Å². The van der Waals surface area contributed by atoms with Crippen LogP contribution in [0.5, 0.6) is 11.6 Å². The minimum Gasteiger partial charge on any atom is -0.491 e. The number of halogens is 3. The number of pyridine rings is 1. The monoisotopic (exact) mass is 281 g/mol. The third kappa shape index (κ3) is 3.90. The van der Waals surface area contributed by atoms with E-state index in [2.05, 4.69) is 14.2 Å². The highest BCUT2D eigenvalue weighted by atomic mass is 19.4. The number of methoxy groups -OCH3 is 1. The maximum Gasteiger partial charge on any atom is 0.574 e. The number of rotatable bonds is 4. The Morgan fingerprint density at radius 3 is 2.53 bits per heavy atom. The molecule has 0 aliphatic heterocycles. The van der Waals surface area contributed by atoms with E-state index < -0.39 is 35.1 Å². The van der Waals surface area contributed by atoms with E-state index in [0.717, 1.165) is 13.2 Å². The molecule has 106 valence electrons. The number of ether oxygens (including phenoxy) is 3. The zero-order chi connectivity index (χ0) is 14.6. The van der Waals surface area contributed by atoms with E-state index in [9.17, 15) is 22.8 Å². The SMILES string of the molecule is CCOC(=O)c1cc(OC)c(OC(F)(F)F)[nH]c1=O. The fraction of sp³-hybridized carbons (Fsp3) is 0.400. The Balaban J connectivity index is 3.22.